The average Bonchev–Trinajstić information content (AvgIpc) is 3.07. The lowest BCUT2D eigenvalue weighted by Gasteiger charge is -2.37. The topological polar surface area (TPSA) is 56.8 Å². The number of nitrogens with zero attached hydrogens (tertiary/aromatic N) is 3. The first kappa shape index (κ1) is 17.3. The second-order valence-electron chi connectivity index (χ2n) is 7.15. The second kappa shape index (κ2) is 7.25. The van der Waals surface area contributed by atoms with E-state index in [1.807, 2.05) is 7.05 Å². The van der Waals surface area contributed by atoms with Crippen molar-refractivity contribution >= 4 is 28.5 Å². The molecule has 4 rings (SSSR count). The van der Waals surface area contributed by atoms with Gasteiger partial charge in [-0.25, -0.2) is 4.98 Å². The number of hydrogen-bond donors (Lipinski definition) is 2. The third kappa shape index (κ3) is 3.29. The first-order valence-corrected chi connectivity index (χ1v) is 9.52. The van der Waals surface area contributed by atoms with E-state index in [-0.39, 0.29) is 5.28 Å². The third-order valence-corrected chi connectivity index (χ3v) is 5.63. The van der Waals surface area contributed by atoms with Crippen LogP contribution in [-0.4, -0.2) is 40.0 Å². The molecule has 1 aliphatic rings. The van der Waals surface area contributed by atoms with Gasteiger partial charge in [0.25, 0.3) is 0 Å². The fraction of sp³-hybridized carbons (Fsp3) is 0.400. The minimum Gasteiger partial charge on any atom is -0.372 e. The summed E-state index contributed by atoms with van der Waals surface area (Å²) in [6, 6.07) is 10.7. The Morgan fingerprint density at radius 2 is 2.08 bits per heavy atom. The summed E-state index contributed by atoms with van der Waals surface area (Å²) in [5.74, 6) is 1.85. The third-order valence-electron chi connectivity index (χ3n) is 5.46. The van der Waals surface area contributed by atoms with Gasteiger partial charge in [-0.2, -0.15) is 4.98 Å². The van der Waals surface area contributed by atoms with E-state index in [1.165, 1.54) is 17.5 Å². The number of hydrogen-bond acceptors (Lipinski definition) is 4. The van der Waals surface area contributed by atoms with Gasteiger partial charge in [-0.05, 0) is 41.6 Å². The Morgan fingerprint density at radius 3 is 2.85 bits per heavy atom. The highest BCUT2D eigenvalue weighted by atomic mass is 35.5. The van der Waals surface area contributed by atoms with Crippen molar-refractivity contribution in [3.05, 3.63) is 52.9 Å². The number of benzene rings is 1. The molecule has 2 aromatic heterocycles. The molecule has 5 nitrogen and oxygen atoms in total. The molecule has 1 fully saturated rings. The summed E-state index contributed by atoms with van der Waals surface area (Å²) in [4.78, 5) is 14.6. The van der Waals surface area contributed by atoms with E-state index in [0.29, 0.717) is 11.8 Å². The zero-order valence-corrected chi connectivity index (χ0v) is 15.9. The maximum Gasteiger partial charge on any atom is 0.226 e. The normalized spacial score (nSPS) is 21.2. The van der Waals surface area contributed by atoms with Crippen LogP contribution in [0, 0.1) is 5.92 Å². The van der Waals surface area contributed by atoms with Crippen LogP contribution in [0.25, 0.3) is 11.0 Å². The number of anilines is 1. The Kier molecular flexibility index (Phi) is 4.83. The van der Waals surface area contributed by atoms with Gasteiger partial charge in [0.05, 0.1) is 5.39 Å². The van der Waals surface area contributed by atoms with Crippen molar-refractivity contribution in [2.75, 3.05) is 25.5 Å². The molecule has 2 atom stereocenters. The average molecular weight is 370 g/mol. The van der Waals surface area contributed by atoms with Crippen molar-refractivity contribution < 1.29 is 0 Å². The minimum absolute atomic E-state index is 0.262. The monoisotopic (exact) mass is 369 g/mol. The van der Waals surface area contributed by atoms with Crippen molar-refractivity contribution in [2.45, 2.75) is 25.8 Å². The molecule has 2 N–H and O–H groups in total. The predicted octanol–water partition coefficient (Wildman–Crippen LogP) is 4.28. The lowest BCUT2D eigenvalue weighted by Crippen LogP contribution is -2.37. The number of aromatic nitrogens is 3. The number of piperidine rings is 1. The van der Waals surface area contributed by atoms with Gasteiger partial charge >= 0.3 is 0 Å². The number of H-pyrrole nitrogens is 1. The molecule has 1 aromatic carbocycles. The van der Waals surface area contributed by atoms with Crippen molar-refractivity contribution in [3.63, 3.8) is 0 Å². The molecule has 0 aliphatic carbocycles. The molecule has 0 amide bonds. The number of likely N-dealkylation sites (tertiary alicyclic amines) is 1. The van der Waals surface area contributed by atoms with Gasteiger partial charge in [-0.3, -0.25) is 4.90 Å². The molecule has 3 aromatic rings. The maximum atomic E-state index is 6.05. The first-order valence-electron chi connectivity index (χ1n) is 9.14. The lowest BCUT2D eigenvalue weighted by atomic mass is 9.82. The van der Waals surface area contributed by atoms with Gasteiger partial charge in [0.15, 0.2) is 0 Å². The van der Waals surface area contributed by atoms with Crippen LogP contribution in [0.1, 0.15) is 30.4 Å². The smallest absolute Gasteiger partial charge is 0.226 e. The molecular weight excluding hydrogens is 346 g/mol. The Labute approximate surface area is 158 Å². The van der Waals surface area contributed by atoms with E-state index in [2.05, 4.69) is 68.6 Å². The van der Waals surface area contributed by atoms with E-state index in [0.717, 1.165) is 36.5 Å². The molecule has 0 bridgehead atoms. The van der Waals surface area contributed by atoms with Gasteiger partial charge in [0, 0.05) is 32.3 Å². The summed E-state index contributed by atoms with van der Waals surface area (Å²) in [6.07, 6.45) is 3.28. The van der Waals surface area contributed by atoms with Crippen LogP contribution in [0.4, 0.5) is 5.82 Å². The minimum atomic E-state index is 0.262. The zero-order chi connectivity index (χ0) is 18.1. The Balaban J connectivity index is 1.64. The molecule has 0 saturated carbocycles. The molecule has 6 heteroatoms. The van der Waals surface area contributed by atoms with Gasteiger partial charge in [0.2, 0.25) is 5.28 Å². The molecule has 3 heterocycles. The maximum absolute atomic E-state index is 6.05. The number of aromatic amines is 1. The van der Waals surface area contributed by atoms with Crippen LogP contribution in [-0.2, 0) is 6.54 Å². The zero-order valence-electron chi connectivity index (χ0n) is 15.2. The van der Waals surface area contributed by atoms with E-state index < -0.39 is 0 Å². The van der Waals surface area contributed by atoms with Crippen molar-refractivity contribution in [1.82, 2.24) is 19.9 Å². The summed E-state index contributed by atoms with van der Waals surface area (Å²) in [7, 11) is 1.88. The molecule has 1 aliphatic heterocycles. The quantitative estimate of drug-likeness (QED) is 0.674. The molecule has 26 heavy (non-hydrogen) atoms. The Hall–Kier alpha value is -2.11. The van der Waals surface area contributed by atoms with Crippen molar-refractivity contribution in [1.29, 1.82) is 0 Å². The van der Waals surface area contributed by atoms with Crippen LogP contribution < -0.4 is 5.32 Å². The summed E-state index contributed by atoms with van der Waals surface area (Å²) in [5, 5.41) is 4.50. The summed E-state index contributed by atoms with van der Waals surface area (Å²) < 4.78 is 0. The predicted molar refractivity (Wildman–Crippen MR) is 107 cm³/mol. The van der Waals surface area contributed by atoms with Gasteiger partial charge in [0.1, 0.15) is 11.5 Å². The van der Waals surface area contributed by atoms with Crippen LogP contribution in [0.15, 0.2) is 36.5 Å². The summed E-state index contributed by atoms with van der Waals surface area (Å²) in [5.41, 5.74) is 3.45. The molecular formula is C20H24ClN5. The van der Waals surface area contributed by atoms with E-state index in [1.54, 1.807) is 0 Å². The standard InChI is InChI=1S/C20H24ClN5/c1-13-8-9-26(11-14-6-4-3-5-7-14)12-16(13)15-10-23-19-17(15)18(22-2)24-20(21)25-19/h3-7,10,13,16H,8-9,11-12H2,1-2H3,(H2,22,23,24,25)/t13-,16+/m1/s1. The van der Waals surface area contributed by atoms with Gasteiger partial charge in [-0.15, -0.1) is 0 Å². The van der Waals surface area contributed by atoms with Crippen LogP contribution >= 0.6 is 11.6 Å². The van der Waals surface area contributed by atoms with Gasteiger partial charge in [-0.1, -0.05) is 37.3 Å². The molecule has 0 spiro atoms. The fourth-order valence-electron chi connectivity index (χ4n) is 4.03. The van der Waals surface area contributed by atoms with Crippen LogP contribution in [0.2, 0.25) is 5.28 Å². The van der Waals surface area contributed by atoms with Gasteiger partial charge < -0.3 is 10.3 Å². The highest BCUT2D eigenvalue weighted by Crippen LogP contribution is 2.38. The van der Waals surface area contributed by atoms with E-state index in [9.17, 15) is 0 Å². The van der Waals surface area contributed by atoms with E-state index in [4.69, 9.17) is 11.6 Å². The number of fused-ring (bicyclic) bond motifs is 1. The number of rotatable bonds is 4. The van der Waals surface area contributed by atoms with Crippen LogP contribution in [0.3, 0.4) is 0 Å². The first-order chi connectivity index (χ1) is 12.7. The summed E-state index contributed by atoms with van der Waals surface area (Å²) in [6.45, 7) is 5.51. The highest BCUT2D eigenvalue weighted by Gasteiger charge is 2.30. The van der Waals surface area contributed by atoms with Crippen molar-refractivity contribution in [2.24, 2.45) is 5.92 Å². The summed E-state index contributed by atoms with van der Waals surface area (Å²) >= 11 is 6.05. The Morgan fingerprint density at radius 1 is 1.27 bits per heavy atom. The van der Waals surface area contributed by atoms with Crippen molar-refractivity contribution in [3.8, 4) is 0 Å². The molecule has 0 radical (unpaired) electrons. The lowest BCUT2D eigenvalue weighted by molar-refractivity contribution is 0.161. The van der Waals surface area contributed by atoms with E-state index >= 15 is 0 Å². The largest absolute Gasteiger partial charge is 0.372 e. The number of nitrogens with one attached hydrogen (secondary N) is 2. The highest BCUT2D eigenvalue weighted by molar-refractivity contribution is 6.28. The molecule has 0 unspecified atom stereocenters. The number of halogens is 1. The SMILES string of the molecule is CNc1nc(Cl)nc2[nH]cc([C@H]3CN(Cc4ccccc4)CC[C@H]3C)c12. The fourth-order valence-corrected chi connectivity index (χ4v) is 4.20. The second-order valence-corrected chi connectivity index (χ2v) is 7.49. The molecule has 136 valence electrons. The molecule has 1 saturated heterocycles. The Bertz CT molecular complexity index is 892. The van der Waals surface area contributed by atoms with Crippen LogP contribution in [0.5, 0.6) is 0 Å².